The second-order valence-corrected chi connectivity index (χ2v) is 7.68. The average Bonchev–Trinajstić information content (AvgIpc) is 3.14. The van der Waals surface area contributed by atoms with Gasteiger partial charge in [-0.25, -0.2) is 4.98 Å². The Labute approximate surface area is 168 Å². The number of oxazole rings is 1. The fourth-order valence-electron chi connectivity index (χ4n) is 3.33. The summed E-state index contributed by atoms with van der Waals surface area (Å²) < 4.78 is 11.8. The summed E-state index contributed by atoms with van der Waals surface area (Å²) in [5.41, 5.74) is 2.65. The molecule has 0 aliphatic carbocycles. The summed E-state index contributed by atoms with van der Waals surface area (Å²) in [5.74, 6) is 1.18. The highest BCUT2D eigenvalue weighted by Gasteiger charge is 2.26. The van der Waals surface area contributed by atoms with Crippen LogP contribution in [0.5, 0.6) is 5.75 Å². The van der Waals surface area contributed by atoms with Gasteiger partial charge in [-0.3, -0.25) is 4.79 Å². The summed E-state index contributed by atoms with van der Waals surface area (Å²) in [7, 11) is 1.81. The highest BCUT2D eigenvalue weighted by Crippen LogP contribution is 2.33. The minimum absolute atomic E-state index is 0.0257. The number of carbonyl (C=O) groups excluding carboxylic acids is 1. The number of rotatable bonds is 6. The molecule has 0 fully saturated rings. The van der Waals surface area contributed by atoms with Gasteiger partial charge in [-0.15, -0.1) is 0 Å². The lowest BCUT2D eigenvalue weighted by Crippen LogP contribution is -2.47. The maximum absolute atomic E-state index is 12.6. The summed E-state index contributed by atoms with van der Waals surface area (Å²) in [5, 5.41) is 0.517. The van der Waals surface area contributed by atoms with Gasteiger partial charge in [0.25, 0.3) is 5.22 Å². The number of thioether (sulfide) groups is 1. The van der Waals surface area contributed by atoms with Gasteiger partial charge in [0, 0.05) is 13.6 Å². The van der Waals surface area contributed by atoms with Gasteiger partial charge in [0.15, 0.2) is 5.58 Å². The van der Waals surface area contributed by atoms with E-state index in [0.29, 0.717) is 11.8 Å². The van der Waals surface area contributed by atoms with Crippen molar-refractivity contribution < 1.29 is 13.9 Å². The van der Waals surface area contributed by atoms with Crippen LogP contribution < -0.4 is 9.64 Å². The number of fused-ring (bicyclic) bond motifs is 2. The van der Waals surface area contributed by atoms with Crippen LogP contribution in [-0.2, 0) is 4.79 Å². The number of likely N-dealkylation sites (N-methyl/N-ethyl adjacent to an activating group) is 2. The predicted octanol–water partition coefficient (Wildman–Crippen LogP) is 3.67. The molecule has 1 aliphatic rings. The van der Waals surface area contributed by atoms with Crippen molar-refractivity contribution in [2.45, 2.75) is 18.3 Å². The number of ether oxygens (including phenoxy) is 1. The molecule has 0 saturated heterocycles. The normalized spacial score (nSPS) is 15.9. The molecule has 6 nitrogen and oxygen atoms in total. The van der Waals surface area contributed by atoms with E-state index in [0.717, 1.165) is 35.6 Å². The monoisotopic (exact) mass is 397 g/mol. The third-order valence-corrected chi connectivity index (χ3v) is 5.61. The summed E-state index contributed by atoms with van der Waals surface area (Å²) in [6, 6.07) is 15.6. The zero-order valence-electron chi connectivity index (χ0n) is 16.0. The number of hydrogen-bond acceptors (Lipinski definition) is 6. The Bertz CT molecular complexity index is 941. The third kappa shape index (κ3) is 3.94. The van der Waals surface area contributed by atoms with E-state index in [4.69, 9.17) is 9.15 Å². The molecule has 0 unspecified atom stereocenters. The lowest BCUT2D eigenvalue weighted by molar-refractivity contribution is -0.128. The zero-order valence-corrected chi connectivity index (χ0v) is 16.8. The van der Waals surface area contributed by atoms with Gasteiger partial charge in [0.1, 0.15) is 17.4 Å². The van der Waals surface area contributed by atoms with Gasteiger partial charge in [-0.2, -0.15) is 0 Å². The van der Waals surface area contributed by atoms with Crippen molar-refractivity contribution in [1.29, 1.82) is 0 Å². The molecule has 0 saturated carbocycles. The van der Waals surface area contributed by atoms with Crippen molar-refractivity contribution in [2.75, 3.05) is 37.3 Å². The Morgan fingerprint density at radius 2 is 2.04 bits per heavy atom. The van der Waals surface area contributed by atoms with Gasteiger partial charge in [-0.05, 0) is 31.2 Å². The fourth-order valence-corrected chi connectivity index (χ4v) is 4.11. The van der Waals surface area contributed by atoms with E-state index < -0.39 is 0 Å². The minimum Gasteiger partial charge on any atom is -0.485 e. The average molecular weight is 398 g/mol. The number of amides is 1. The van der Waals surface area contributed by atoms with Crippen molar-refractivity contribution in [3.8, 4) is 5.75 Å². The molecule has 3 aromatic rings. The number of benzene rings is 2. The molecular formula is C21H23N3O3S. The summed E-state index contributed by atoms with van der Waals surface area (Å²) in [6.45, 7) is 4.34. The summed E-state index contributed by atoms with van der Waals surface area (Å²) in [6.07, 6.45) is -0.0573. The van der Waals surface area contributed by atoms with Gasteiger partial charge in [0.2, 0.25) is 5.91 Å². The maximum atomic E-state index is 12.6. The van der Waals surface area contributed by atoms with Gasteiger partial charge < -0.3 is 19.0 Å². The molecule has 1 aromatic heterocycles. The third-order valence-electron chi connectivity index (χ3n) is 4.80. The molecule has 1 atom stereocenters. The fraction of sp³-hybridized carbons (Fsp3) is 0.333. The lowest BCUT2D eigenvalue weighted by atomic mass is 10.2. The Balaban J connectivity index is 1.34. The molecule has 0 radical (unpaired) electrons. The summed E-state index contributed by atoms with van der Waals surface area (Å²) >= 11 is 1.32. The Morgan fingerprint density at radius 1 is 1.25 bits per heavy atom. The largest absolute Gasteiger partial charge is 0.485 e. The smallest absolute Gasteiger partial charge is 0.257 e. The molecule has 1 aliphatic heterocycles. The number of anilines is 1. The maximum Gasteiger partial charge on any atom is 0.257 e. The molecule has 4 rings (SSSR count). The van der Waals surface area contributed by atoms with Crippen LogP contribution in [0.1, 0.15) is 6.92 Å². The number of carbonyl (C=O) groups is 1. The molecule has 0 N–H and O–H groups in total. The molecule has 7 heteroatoms. The Kier molecular flexibility index (Phi) is 5.43. The van der Waals surface area contributed by atoms with Crippen LogP contribution >= 0.6 is 11.8 Å². The van der Waals surface area contributed by atoms with E-state index in [2.05, 4.69) is 22.9 Å². The Hall–Kier alpha value is -2.67. The van der Waals surface area contributed by atoms with Gasteiger partial charge >= 0.3 is 0 Å². The highest BCUT2D eigenvalue weighted by molar-refractivity contribution is 7.99. The van der Waals surface area contributed by atoms with Crippen molar-refractivity contribution in [3.05, 3.63) is 48.5 Å². The second kappa shape index (κ2) is 8.14. The molecule has 2 heterocycles. The van der Waals surface area contributed by atoms with Crippen molar-refractivity contribution in [3.63, 3.8) is 0 Å². The van der Waals surface area contributed by atoms with Crippen LogP contribution in [0.2, 0.25) is 0 Å². The molecule has 146 valence electrons. The molecule has 1 amide bonds. The number of para-hydroxylation sites is 4. The van der Waals surface area contributed by atoms with E-state index >= 15 is 0 Å². The molecule has 0 bridgehead atoms. The standard InChI is InChI=1S/C21H23N3O3S/c1-3-24-13-15(26-19-11-7-5-9-17(19)24)12-23(2)20(25)14-28-21-22-16-8-4-6-10-18(16)27-21/h4-11,15H,3,12-14H2,1-2H3/t15-/m1/s1. The number of nitrogens with zero attached hydrogens (tertiary/aromatic N) is 3. The van der Waals surface area contributed by atoms with E-state index in [-0.39, 0.29) is 17.8 Å². The first-order valence-corrected chi connectivity index (χ1v) is 10.4. The van der Waals surface area contributed by atoms with Crippen LogP contribution in [0.15, 0.2) is 58.2 Å². The first-order valence-electron chi connectivity index (χ1n) is 9.37. The SMILES string of the molecule is CCN1C[C@@H](CN(C)C(=O)CSc2nc3ccccc3o2)Oc2ccccc21. The molecule has 28 heavy (non-hydrogen) atoms. The van der Waals surface area contributed by atoms with Crippen molar-refractivity contribution in [1.82, 2.24) is 9.88 Å². The zero-order chi connectivity index (χ0) is 19.5. The van der Waals surface area contributed by atoms with Crippen LogP contribution in [0, 0.1) is 0 Å². The molecule has 0 spiro atoms. The topological polar surface area (TPSA) is 58.8 Å². The first kappa shape index (κ1) is 18.7. The van der Waals surface area contributed by atoms with E-state index in [1.165, 1.54) is 11.8 Å². The summed E-state index contributed by atoms with van der Waals surface area (Å²) in [4.78, 5) is 21.0. The van der Waals surface area contributed by atoms with Crippen LogP contribution in [0.4, 0.5) is 5.69 Å². The Morgan fingerprint density at radius 3 is 2.86 bits per heavy atom. The van der Waals surface area contributed by atoms with E-state index in [9.17, 15) is 4.79 Å². The predicted molar refractivity (Wildman–Crippen MR) is 111 cm³/mol. The molecular weight excluding hydrogens is 374 g/mol. The second-order valence-electron chi connectivity index (χ2n) is 6.76. The number of hydrogen-bond donors (Lipinski definition) is 0. The quantitative estimate of drug-likeness (QED) is 0.592. The van der Waals surface area contributed by atoms with Crippen molar-refractivity contribution >= 4 is 34.5 Å². The van der Waals surface area contributed by atoms with E-state index in [1.54, 1.807) is 4.90 Å². The van der Waals surface area contributed by atoms with E-state index in [1.807, 2.05) is 49.5 Å². The lowest BCUT2D eigenvalue weighted by Gasteiger charge is -2.37. The van der Waals surface area contributed by atoms with Gasteiger partial charge in [0.05, 0.1) is 24.5 Å². The molecule has 2 aromatic carbocycles. The first-order chi connectivity index (χ1) is 13.6. The minimum atomic E-state index is -0.0573. The van der Waals surface area contributed by atoms with Crippen molar-refractivity contribution in [2.24, 2.45) is 0 Å². The van der Waals surface area contributed by atoms with Crippen LogP contribution in [-0.4, -0.2) is 54.3 Å². The van der Waals surface area contributed by atoms with Gasteiger partial charge in [-0.1, -0.05) is 36.0 Å². The highest BCUT2D eigenvalue weighted by atomic mass is 32.2. The number of aromatic nitrogens is 1. The van der Waals surface area contributed by atoms with Crippen LogP contribution in [0.25, 0.3) is 11.1 Å². The van der Waals surface area contributed by atoms with Crippen LogP contribution in [0.3, 0.4) is 0 Å².